The molecule has 5 rings (SSSR count). The third-order valence-electron chi connectivity index (χ3n) is 5.27. The molecule has 30 heavy (non-hydrogen) atoms. The van der Waals surface area contributed by atoms with Gasteiger partial charge in [-0.2, -0.15) is 0 Å². The van der Waals surface area contributed by atoms with E-state index in [1.807, 2.05) is 0 Å². The first kappa shape index (κ1) is 18.3. The minimum Gasteiger partial charge on any atom is -0.497 e. The van der Waals surface area contributed by atoms with Gasteiger partial charge in [-0.25, -0.2) is 12.4 Å². The van der Waals surface area contributed by atoms with E-state index in [0.717, 1.165) is 3.97 Å². The lowest BCUT2D eigenvalue weighted by Gasteiger charge is -2.18. The molecule has 148 valence electrons. The number of para-hydroxylation sites is 1. The van der Waals surface area contributed by atoms with Gasteiger partial charge in [-0.3, -0.25) is 9.59 Å². The quantitative estimate of drug-likeness (QED) is 0.447. The Bertz CT molecular complexity index is 1470. The van der Waals surface area contributed by atoms with Crippen molar-refractivity contribution in [2.75, 3.05) is 7.11 Å². The van der Waals surface area contributed by atoms with Gasteiger partial charge in [0.2, 0.25) is 5.78 Å². The second kappa shape index (κ2) is 6.40. The van der Waals surface area contributed by atoms with Gasteiger partial charge >= 0.3 is 0 Å². The van der Waals surface area contributed by atoms with Crippen LogP contribution in [0.25, 0.3) is 10.9 Å². The number of hydrogen-bond donors (Lipinski definition) is 0. The lowest BCUT2D eigenvalue weighted by molar-refractivity contribution is 0.0976. The number of benzene rings is 3. The van der Waals surface area contributed by atoms with Crippen molar-refractivity contribution < 1.29 is 22.7 Å². The Kier molecular flexibility index (Phi) is 3.91. The van der Waals surface area contributed by atoms with E-state index in [4.69, 9.17) is 4.74 Å². The van der Waals surface area contributed by atoms with E-state index in [0.29, 0.717) is 11.1 Å². The third kappa shape index (κ3) is 2.39. The first-order valence-electron chi connectivity index (χ1n) is 9.16. The van der Waals surface area contributed by atoms with E-state index in [1.165, 1.54) is 31.4 Å². The van der Waals surface area contributed by atoms with Crippen LogP contribution in [0, 0.1) is 0 Å². The van der Waals surface area contributed by atoms with Crippen molar-refractivity contribution in [2.45, 2.75) is 4.90 Å². The zero-order valence-electron chi connectivity index (χ0n) is 15.8. The van der Waals surface area contributed by atoms with E-state index in [2.05, 4.69) is 0 Å². The summed E-state index contributed by atoms with van der Waals surface area (Å²) in [7, 11) is -2.64. The standard InChI is InChI=1S/C23H15NO5S/c1-29-14-11-12-16-18(13-14)22(25)20-17-9-5-6-10-19(17)24(21(20)23(16)26)30(27,28)15-7-3-2-4-8-15/h2-13H,1H3. The van der Waals surface area contributed by atoms with Crippen molar-refractivity contribution >= 4 is 32.5 Å². The van der Waals surface area contributed by atoms with Gasteiger partial charge in [-0.05, 0) is 36.4 Å². The molecule has 4 aromatic rings. The maximum atomic E-state index is 13.5. The Labute approximate surface area is 172 Å². The maximum Gasteiger partial charge on any atom is 0.268 e. The van der Waals surface area contributed by atoms with Crippen molar-refractivity contribution in [3.05, 3.63) is 95.2 Å². The van der Waals surface area contributed by atoms with Gasteiger partial charge in [0.1, 0.15) is 11.4 Å². The molecule has 1 aliphatic carbocycles. The van der Waals surface area contributed by atoms with Gasteiger partial charge in [0.15, 0.2) is 5.78 Å². The van der Waals surface area contributed by atoms with Crippen LogP contribution < -0.4 is 4.74 Å². The molecule has 0 N–H and O–H groups in total. The average molecular weight is 417 g/mol. The van der Waals surface area contributed by atoms with Gasteiger partial charge < -0.3 is 4.74 Å². The van der Waals surface area contributed by atoms with Crippen molar-refractivity contribution in [2.24, 2.45) is 0 Å². The molecule has 0 saturated heterocycles. The maximum absolute atomic E-state index is 13.5. The molecule has 3 aromatic carbocycles. The second-order valence-electron chi connectivity index (χ2n) is 6.89. The van der Waals surface area contributed by atoms with Crippen molar-refractivity contribution in [3.63, 3.8) is 0 Å². The van der Waals surface area contributed by atoms with Crippen LogP contribution in [0.2, 0.25) is 0 Å². The highest BCUT2D eigenvalue weighted by atomic mass is 32.2. The molecule has 0 amide bonds. The van der Waals surface area contributed by atoms with Gasteiger partial charge in [-0.1, -0.05) is 36.4 Å². The summed E-state index contributed by atoms with van der Waals surface area (Å²) in [5.41, 5.74) is 0.596. The zero-order valence-corrected chi connectivity index (χ0v) is 16.6. The third-order valence-corrected chi connectivity index (χ3v) is 7.00. The van der Waals surface area contributed by atoms with Crippen LogP contribution in [0.15, 0.2) is 77.7 Å². The van der Waals surface area contributed by atoms with Crippen LogP contribution in [0.5, 0.6) is 5.75 Å². The highest BCUT2D eigenvalue weighted by Crippen LogP contribution is 2.38. The van der Waals surface area contributed by atoms with Gasteiger partial charge in [-0.15, -0.1) is 0 Å². The summed E-state index contributed by atoms with van der Waals surface area (Å²) in [6.07, 6.45) is 0. The van der Waals surface area contributed by atoms with Crippen LogP contribution in [-0.2, 0) is 10.0 Å². The molecule has 0 saturated carbocycles. The lowest BCUT2D eigenvalue weighted by Crippen LogP contribution is -2.26. The van der Waals surface area contributed by atoms with Crippen molar-refractivity contribution in [1.82, 2.24) is 3.97 Å². The van der Waals surface area contributed by atoms with Gasteiger partial charge in [0.25, 0.3) is 10.0 Å². The number of nitrogens with zero attached hydrogens (tertiary/aromatic N) is 1. The molecular weight excluding hydrogens is 402 g/mol. The van der Waals surface area contributed by atoms with Crippen LogP contribution in [0.1, 0.15) is 32.0 Å². The summed E-state index contributed by atoms with van der Waals surface area (Å²) in [5.74, 6) is -0.478. The minimum atomic E-state index is -4.12. The first-order valence-corrected chi connectivity index (χ1v) is 10.6. The second-order valence-corrected chi connectivity index (χ2v) is 8.68. The first-order chi connectivity index (χ1) is 14.4. The summed E-state index contributed by atoms with van der Waals surface area (Å²) in [6.45, 7) is 0. The molecule has 0 fully saturated rings. The van der Waals surface area contributed by atoms with E-state index >= 15 is 0 Å². The number of hydrogen-bond acceptors (Lipinski definition) is 5. The van der Waals surface area contributed by atoms with Crippen molar-refractivity contribution in [3.8, 4) is 5.75 Å². The number of aromatic nitrogens is 1. The molecule has 7 heteroatoms. The van der Waals surface area contributed by atoms with E-state index in [-0.39, 0.29) is 32.8 Å². The number of fused-ring (bicyclic) bond motifs is 4. The lowest BCUT2D eigenvalue weighted by atomic mass is 9.87. The smallest absolute Gasteiger partial charge is 0.268 e. The fraction of sp³-hybridized carbons (Fsp3) is 0.0435. The van der Waals surface area contributed by atoms with Crippen LogP contribution in [0.4, 0.5) is 0 Å². The molecule has 1 aliphatic rings. The largest absolute Gasteiger partial charge is 0.497 e. The molecule has 0 unspecified atom stereocenters. The monoisotopic (exact) mass is 417 g/mol. The van der Waals surface area contributed by atoms with Crippen molar-refractivity contribution in [1.29, 1.82) is 0 Å². The van der Waals surface area contributed by atoms with E-state index < -0.39 is 21.6 Å². The Hall–Kier alpha value is -3.71. The molecule has 0 spiro atoms. The number of ketones is 2. The SMILES string of the molecule is COc1ccc2c(c1)C(=O)c1c(n(S(=O)(=O)c3ccccc3)c3ccccc13)C2=O. The zero-order chi connectivity index (χ0) is 21.0. The molecule has 1 heterocycles. The number of carbonyl (C=O) groups excluding carboxylic acids is 2. The number of methoxy groups -OCH3 is 1. The fourth-order valence-electron chi connectivity index (χ4n) is 3.89. The summed E-state index contributed by atoms with van der Waals surface area (Å²) < 4.78 is 33.2. The predicted octanol–water partition coefficient (Wildman–Crippen LogP) is 3.66. The topological polar surface area (TPSA) is 82.4 Å². The normalized spacial score (nSPS) is 13.2. The Balaban J connectivity index is 1.89. The highest BCUT2D eigenvalue weighted by Gasteiger charge is 2.39. The van der Waals surface area contributed by atoms with E-state index in [9.17, 15) is 18.0 Å². The van der Waals surface area contributed by atoms with Crippen LogP contribution in [-0.4, -0.2) is 31.1 Å². The molecule has 0 bridgehead atoms. The summed E-state index contributed by atoms with van der Waals surface area (Å²) >= 11 is 0. The number of carbonyl (C=O) groups is 2. The summed E-state index contributed by atoms with van der Waals surface area (Å²) in [6, 6.07) is 19.1. The van der Waals surface area contributed by atoms with E-state index in [1.54, 1.807) is 48.5 Å². The van der Waals surface area contributed by atoms with Crippen LogP contribution >= 0.6 is 0 Å². The molecule has 0 radical (unpaired) electrons. The minimum absolute atomic E-state index is 0.0364. The fourth-order valence-corrected chi connectivity index (χ4v) is 5.44. The number of ether oxygens (including phenoxy) is 1. The summed E-state index contributed by atoms with van der Waals surface area (Å²) in [4.78, 5) is 26.9. The molecule has 6 nitrogen and oxygen atoms in total. The Morgan fingerprint density at radius 2 is 1.50 bits per heavy atom. The highest BCUT2D eigenvalue weighted by molar-refractivity contribution is 7.90. The van der Waals surface area contributed by atoms with Gasteiger partial charge in [0.05, 0.1) is 23.1 Å². The molecule has 0 aliphatic heterocycles. The van der Waals surface area contributed by atoms with Gasteiger partial charge in [0, 0.05) is 16.5 Å². The average Bonchev–Trinajstić information content (AvgIpc) is 3.14. The molecule has 0 atom stereocenters. The molecular formula is C23H15NO5S. The summed E-state index contributed by atoms with van der Waals surface area (Å²) in [5, 5.41) is 0.416. The Morgan fingerprint density at radius 1 is 0.800 bits per heavy atom. The molecule has 1 aromatic heterocycles. The van der Waals surface area contributed by atoms with Crippen LogP contribution in [0.3, 0.4) is 0 Å². The predicted molar refractivity (Wildman–Crippen MR) is 111 cm³/mol. The Morgan fingerprint density at radius 3 is 2.23 bits per heavy atom. The number of rotatable bonds is 3.